The third kappa shape index (κ3) is 4.94. The average Bonchev–Trinajstić information content (AvgIpc) is 2.39. The molecular weight excluding hydrogens is 252 g/mol. The van der Waals surface area contributed by atoms with Crippen LogP contribution in [0.15, 0.2) is 30.3 Å². The van der Waals surface area contributed by atoms with E-state index in [2.05, 4.69) is 18.7 Å². The van der Waals surface area contributed by atoms with Gasteiger partial charge in [0.05, 0.1) is 13.2 Å². The zero-order valence-corrected chi connectivity index (χ0v) is 12.9. The highest BCUT2D eigenvalue weighted by molar-refractivity contribution is 5.77. The van der Waals surface area contributed by atoms with Crippen LogP contribution in [0.1, 0.15) is 19.4 Å². The first-order valence-electron chi connectivity index (χ1n) is 7.04. The van der Waals surface area contributed by atoms with Crippen LogP contribution in [0.5, 0.6) is 0 Å². The standard InChI is InChI=1S/C16H26N2O2/c1-13(2)15(12-19)18(11-16(20)17(3)4)10-14-8-6-5-7-9-14/h5-9,13,15,19H,10-12H2,1-4H3. The highest BCUT2D eigenvalue weighted by atomic mass is 16.3. The molecule has 0 radical (unpaired) electrons. The molecule has 1 unspecified atom stereocenters. The summed E-state index contributed by atoms with van der Waals surface area (Å²) in [6.07, 6.45) is 0. The van der Waals surface area contributed by atoms with Gasteiger partial charge in [0.2, 0.25) is 5.91 Å². The Morgan fingerprint density at radius 2 is 1.80 bits per heavy atom. The molecule has 1 aromatic carbocycles. The number of carbonyl (C=O) groups is 1. The van der Waals surface area contributed by atoms with Crippen LogP contribution in [0.25, 0.3) is 0 Å². The van der Waals surface area contributed by atoms with Crippen molar-refractivity contribution in [2.45, 2.75) is 26.4 Å². The van der Waals surface area contributed by atoms with Crippen molar-refractivity contribution in [3.8, 4) is 0 Å². The number of nitrogens with zero attached hydrogens (tertiary/aromatic N) is 2. The SMILES string of the molecule is CC(C)C(CO)N(CC(=O)N(C)C)Cc1ccccc1. The molecule has 0 heterocycles. The predicted molar refractivity (Wildman–Crippen MR) is 81.3 cm³/mol. The Bertz CT molecular complexity index is 404. The number of likely N-dealkylation sites (N-methyl/N-ethyl adjacent to an activating group) is 1. The van der Waals surface area contributed by atoms with E-state index < -0.39 is 0 Å². The lowest BCUT2D eigenvalue weighted by Crippen LogP contribution is -2.46. The van der Waals surface area contributed by atoms with E-state index in [1.54, 1.807) is 19.0 Å². The fraction of sp³-hybridized carbons (Fsp3) is 0.562. The first kappa shape index (κ1) is 16.7. The molecule has 112 valence electrons. The lowest BCUT2D eigenvalue weighted by molar-refractivity contribution is -0.131. The molecule has 0 aliphatic carbocycles. The van der Waals surface area contributed by atoms with E-state index in [1.165, 1.54) is 0 Å². The third-order valence-electron chi connectivity index (χ3n) is 3.49. The van der Waals surface area contributed by atoms with Crippen molar-refractivity contribution < 1.29 is 9.90 Å². The van der Waals surface area contributed by atoms with Crippen LogP contribution in [0.3, 0.4) is 0 Å². The molecule has 0 aromatic heterocycles. The van der Waals surface area contributed by atoms with E-state index >= 15 is 0 Å². The van der Waals surface area contributed by atoms with Crippen molar-refractivity contribution in [2.24, 2.45) is 5.92 Å². The Morgan fingerprint density at radius 3 is 2.25 bits per heavy atom. The lowest BCUT2D eigenvalue weighted by Gasteiger charge is -2.33. The molecule has 1 amide bonds. The molecular formula is C16H26N2O2. The Labute approximate surface area is 122 Å². The highest BCUT2D eigenvalue weighted by Gasteiger charge is 2.24. The number of amides is 1. The Morgan fingerprint density at radius 1 is 1.20 bits per heavy atom. The average molecular weight is 278 g/mol. The Balaban J connectivity index is 2.86. The molecule has 0 fully saturated rings. The van der Waals surface area contributed by atoms with Crippen molar-refractivity contribution >= 4 is 5.91 Å². The first-order chi connectivity index (χ1) is 9.45. The van der Waals surface area contributed by atoms with Crippen molar-refractivity contribution in [1.29, 1.82) is 0 Å². The van der Waals surface area contributed by atoms with Gasteiger partial charge < -0.3 is 10.0 Å². The topological polar surface area (TPSA) is 43.8 Å². The second-order valence-electron chi connectivity index (χ2n) is 5.67. The summed E-state index contributed by atoms with van der Waals surface area (Å²) in [6.45, 7) is 5.19. The zero-order chi connectivity index (χ0) is 15.1. The van der Waals surface area contributed by atoms with E-state index in [9.17, 15) is 9.90 Å². The number of hydrogen-bond donors (Lipinski definition) is 1. The van der Waals surface area contributed by atoms with E-state index in [-0.39, 0.29) is 18.6 Å². The molecule has 0 saturated heterocycles. The number of rotatable bonds is 7. The minimum Gasteiger partial charge on any atom is -0.395 e. The summed E-state index contributed by atoms with van der Waals surface area (Å²) in [5.74, 6) is 0.346. The fourth-order valence-electron chi connectivity index (χ4n) is 2.17. The van der Waals surface area contributed by atoms with Gasteiger partial charge in [-0.1, -0.05) is 44.2 Å². The minimum atomic E-state index is -0.0147. The summed E-state index contributed by atoms with van der Waals surface area (Å²) in [5.41, 5.74) is 1.15. The summed E-state index contributed by atoms with van der Waals surface area (Å²) < 4.78 is 0. The van der Waals surface area contributed by atoms with Gasteiger partial charge in [-0.05, 0) is 11.5 Å². The van der Waals surface area contributed by atoms with Crippen LogP contribution in [0.2, 0.25) is 0 Å². The maximum atomic E-state index is 12.0. The summed E-state index contributed by atoms with van der Waals surface area (Å²) in [5, 5.41) is 9.63. The summed E-state index contributed by atoms with van der Waals surface area (Å²) in [7, 11) is 3.51. The van der Waals surface area contributed by atoms with Crippen molar-refractivity contribution in [2.75, 3.05) is 27.2 Å². The molecule has 0 spiro atoms. The summed E-state index contributed by atoms with van der Waals surface area (Å²) in [4.78, 5) is 15.6. The minimum absolute atomic E-state index is 0.0147. The van der Waals surface area contributed by atoms with Crippen LogP contribution in [0, 0.1) is 5.92 Å². The predicted octanol–water partition coefficient (Wildman–Crippen LogP) is 1.59. The van der Waals surface area contributed by atoms with Gasteiger partial charge in [-0.3, -0.25) is 9.69 Å². The summed E-state index contributed by atoms with van der Waals surface area (Å²) >= 11 is 0. The molecule has 1 atom stereocenters. The largest absolute Gasteiger partial charge is 0.395 e. The summed E-state index contributed by atoms with van der Waals surface area (Å²) in [6, 6.07) is 10.0. The number of carbonyl (C=O) groups excluding carboxylic acids is 1. The van der Waals surface area contributed by atoms with Crippen LogP contribution >= 0.6 is 0 Å². The molecule has 4 nitrogen and oxygen atoms in total. The maximum absolute atomic E-state index is 12.0. The Hall–Kier alpha value is -1.39. The van der Waals surface area contributed by atoms with Gasteiger partial charge in [0.1, 0.15) is 0 Å². The van der Waals surface area contributed by atoms with Gasteiger partial charge in [0.15, 0.2) is 0 Å². The van der Waals surface area contributed by atoms with Gasteiger partial charge in [0.25, 0.3) is 0 Å². The van der Waals surface area contributed by atoms with E-state index in [4.69, 9.17) is 0 Å². The van der Waals surface area contributed by atoms with E-state index in [0.717, 1.165) is 5.56 Å². The molecule has 0 aliphatic rings. The quantitative estimate of drug-likeness (QED) is 0.824. The van der Waals surface area contributed by atoms with Gasteiger partial charge in [-0.25, -0.2) is 0 Å². The van der Waals surface area contributed by atoms with Crippen LogP contribution in [-0.4, -0.2) is 54.1 Å². The molecule has 1 N–H and O–H groups in total. The smallest absolute Gasteiger partial charge is 0.236 e. The molecule has 0 aliphatic heterocycles. The first-order valence-corrected chi connectivity index (χ1v) is 7.04. The van der Waals surface area contributed by atoms with Crippen LogP contribution < -0.4 is 0 Å². The highest BCUT2D eigenvalue weighted by Crippen LogP contribution is 2.14. The van der Waals surface area contributed by atoms with E-state index in [0.29, 0.717) is 19.0 Å². The number of aliphatic hydroxyl groups is 1. The maximum Gasteiger partial charge on any atom is 0.236 e. The van der Waals surface area contributed by atoms with Gasteiger partial charge in [-0.2, -0.15) is 0 Å². The van der Waals surface area contributed by atoms with Gasteiger partial charge in [-0.15, -0.1) is 0 Å². The molecule has 1 rings (SSSR count). The molecule has 0 bridgehead atoms. The fourth-order valence-corrected chi connectivity index (χ4v) is 2.17. The van der Waals surface area contributed by atoms with Gasteiger partial charge in [0, 0.05) is 26.7 Å². The zero-order valence-electron chi connectivity index (χ0n) is 12.9. The van der Waals surface area contributed by atoms with Gasteiger partial charge >= 0.3 is 0 Å². The van der Waals surface area contributed by atoms with Crippen molar-refractivity contribution in [1.82, 2.24) is 9.80 Å². The number of benzene rings is 1. The third-order valence-corrected chi connectivity index (χ3v) is 3.49. The number of aliphatic hydroxyl groups excluding tert-OH is 1. The Kier molecular flexibility index (Phi) is 6.68. The monoisotopic (exact) mass is 278 g/mol. The van der Waals surface area contributed by atoms with Crippen LogP contribution in [-0.2, 0) is 11.3 Å². The number of hydrogen-bond acceptors (Lipinski definition) is 3. The molecule has 1 aromatic rings. The molecule has 0 saturated carbocycles. The van der Waals surface area contributed by atoms with Crippen molar-refractivity contribution in [3.63, 3.8) is 0 Å². The van der Waals surface area contributed by atoms with Crippen molar-refractivity contribution in [3.05, 3.63) is 35.9 Å². The normalized spacial score (nSPS) is 12.8. The lowest BCUT2D eigenvalue weighted by atomic mass is 10.0. The molecule has 20 heavy (non-hydrogen) atoms. The van der Waals surface area contributed by atoms with E-state index in [1.807, 2.05) is 30.3 Å². The second kappa shape index (κ2) is 8.02. The molecule has 4 heteroatoms. The second-order valence-corrected chi connectivity index (χ2v) is 5.67. The van der Waals surface area contributed by atoms with Crippen LogP contribution in [0.4, 0.5) is 0 Å².